The Morgan fingerprint density at radius 2 is 1.69 bits per heavy atom. The molecule has 1 rings (SSSR count). The second-order valence-electron chi connectivity index (χ2n) is 3.07. The van der Waals surface area contributed by atoms with Crippen molar-refractivity contribution in [3.05, 3.63) is 0 Å². The third-order valence-corrected chi connectivity index (χ3v) is 3.91. The molecule has 0 bridgehead atoms. The van der Waals surface area contributed by atoms with E-state index in [1.807, 2.05) is 0 Å². The Labute approximate surface area is 74.0 Å². The van der Waals surface area contributed by atoms with Gasteiger partial charge < -0.3 is 0 Å². The predicted octanol–water partition coefficient (Wildman–Crippen LogP) is 1.30. The van der Waals surface area contributed by atoms with Gasteiger partial charge >= 0.3 is 6.18 Å². The average molecular weight is 218 g/mol. The summed E-state index contributed by atoms with van der Waals surface area (Å²) >= 11 is 0. The lowest BCUT2D eigenvalue weighted by atomic mass is 10.0. The van der Waals surface area contributed by atoms with E-state index in [0.29, 0.717) is 0 Å². The molecule has 7 heteroatoms. The third-order valence-electron chi connectivity index (χ3n) is 2.13. The highest BCUT2D eigenvalue weighted by atomic mass is 32.2. The SMILES string of the molecule is CC1OS(=O)(=O)C(C)C1C(F)(F)F. The van der Waals surface area contributed by atoms with Gasteiger partial charge in [0.25, 0.3) is 10.1 Å². The molecule has 0 aromatic heterocycles. The lowest BCUT2D eigenvalue weighted by Crippen LogP contribution is -2.35. The quantitative estimate of drug-likeness (QED) is 0.575. The maximum Gasteiger partial charge on any atom is 0.395 e. The molecule has 0 saturated carbocycles. The van der Waals surface area contributed by atoms with E-state index in [9.17, 15) is 21.6 Å². The number of halogens is 3. The topological polar surface area (TPSA) is 43.4 Å². The fraction of sp³-hybridized carbons (Fsp3) is 1.00. The van der Waals surface area contributed by atoms with Crippen molar-refractivity contribution < 1.29 is 25.8 Å². The van der Waals surface area contributed by atoms with E-state index in [1.54, 1.807) is 0 Å². The molecule has 1 aliphatic heterocycles. The van der Waals surface area contributed by atoms with Gasteiger partial charge in [0.1, 0.15) is 5.92 Å². The number of hydrogen-bond donors (Lipinski definition) is 0. The van der Waals surface area contributed by atoms with Gasteiger partial charge in [0.2, 0.25) is 0 Å². The van der Waals surface area contributed by atoms with Gasteiger partial charge in [-0.1, -0.05) is 0 Å². The first-order chi connectivity index (χ1) is 5.66. The van der Waals surface area contributed by atoms with Crippen LogP contribution in [0.1, 0.15) is 13.8 Å². The van der Waals surface area contributed by atoms with Crippen LogP contribution in [-0.2, 0) is 14.3 Å². The first-order valence-corrected chi connectivity index (χ1v) is 5.12. The summed E-state index contributed by atoms with van der Waals surface area (Å²) in [6, 6.07) is 0. The Bertz CT molecular complexity index is 295. The van der Waals surface area contributed by atoms with Crippen molar-refractivity contribution in [1.82, 2.24) is 0 Å². The zero-order chi connectivity index (χ0) is 10.4. The first-order valence-electron chi connectivity index (χ1n) is 3.65. The molecule has 3 unspecified atom stereocenters. The molecule has 0 N–H and O–H groups in total. The summed E-state index contributed by atoms with van der Waals surface area (Å²) < 4.78 is 62.8. The number of rotatable bonds is 0. The summed E-state index contributed by atoms with van der Waals surface area (Å²) in [4.78, 5) is 0. The Morgan fingerprint density at radius 1 is 1.23 bits per heavy atom. The van der Waals surface area contributed by atoms with Crippen molar-refractivity contribution in [2.75, 3.05) is 0 Å². The highest BCUT2D eigenvalue weighted by Gasteiger charge is 2.57. The average Bonchev–Trinajstić information content (AvgIpc) is 1.99. The molecular weight excluding hydrogens is 209 g/mol. The van der Waals surface area contributed by atoms with E-state index in [4.69, 9.17) is 0 Å². The highest BCUT2D eigenvalue weighted by molar-refractivity contribution is 7.87. The minimum Gasteiger partial charge on any atom is -0.266 e. The molecule has 0 aliphatic carbocycles. The maximum atomic E-state index is 12.3. The van der Waals surface area contributed by atoms with Gasteiger partial charge in [-0.25, -0.2) is 0 Å². The van der Waals surface area contributed by atoms with Crippen LogP contribution in [0.3, 0.4) is 0 Å². The molecule has 1 aliphatic rings. The maximum absolute atomic E-state index is 12.3. The smallest absolute Gasteiger partial charge is 0.266 e. The molecule has 1 heterocycles. The molecule has 0 aromatic rings. The van der Waals surface area contributed by atoms with Crippen LogP contribution in [0.2, 0.25) is 0 Å². The van der Waals surface area contributed by atoms with Gasteiger partial charge in [-0.2, -0.15) is 21.6 Å². The van der Waals surface area contributed by atoms with Crippen LogP contribution in [0.15, 0.2) is 0 Å². The largest absolute Gasteiger partial charge is 0.395 e. The van der Waals surface area contributed by atoms with Gasteiger partial charge in [0, 0.05) is 0 Å². The van der Waals surface area contributed by atoms with E-state index in [0.717, 1.165) is 13.8 Å². The lowest BCUT2D eigenvalue weighted by molar-refractivity contribution is -0.185. The Morgan fingerprint density at radius 3 is 1.85 bits per heavy atom. The van der Waals surface area contributed by atoms with Crippen LogP contribution in [0.5, 0.6) is 0 Å². The lowest BCUT2D eigenvalue weighted by Gasteiger charge is -2.18. The molecule has 13 heavy (non-hydrogen) atoms. The second kappa shape index (κ2) is 2.84. The minimum atomic E-state index is -4.53. The summed E-state index contributed by atoms with van der Waals surface area (Å²) in [6.07, 6.45) is -5.84. The zero-order valence-corrected chi connectivity index (χ0v) is 7.82. The van der Waals surface area contributed by atoms with Gasteiger partial charge in [0.05, 0.1) is 11.4 Å². The van der Waals surface area contributed by atoms with Gasteiger partial charge in [-0.05, 0) is 13.8 Å². The summed E-state index contributed by atoms with van der Waals surface area (Å²) in [7, 11) is -4.03. The molecule has 3 nitrogen and oxygen atoms in total. The van der Waals surface area contributed by atoms with Crippen molar-refractivity contribution in [3.63, 3.8) is 0 Å². The second-order valence-corrected chi connectivity index (χ2v) is 4.99. The number of alkyl halides is 3. The van der Waals surface area contributed by atoms with E-state index in [-0.39, 0.29) is 0 Å². The van der Waals surface area contributed by atoms with Crippen molar-refractivity contribution in [1.29, 1.82) is 0 Å². The molecule has 0 spiro atoms. The van der Waals surface area contributed by atoms with Gasteiger partial charge in [-0.15, -0.1) is 0 Å². The van der Waals surface area contributed by atoms with Crippen LogP contribution in [0.4, 0.5) is 13.2 Å². The molecule has 0 amide bonds. The third kappa shape index (κ3) is 1.80. The van der Waals surface area contributed by atoms with E-state index in [2.05, 4.69) is 4.18 Å². The fourth-order valence-electron chi connectivity index (χ4n) is 1.45. The standard InChI is InChI=1S/C6H9F3O3S/c1-3-5(6(7,8)9)4(2)13(10,11)12-3/h3-5H,1-2H3. The molecular formula is C6H9F3O3S. The molecule has 0 radical (unpaired) electrons. The normalized spacial score (nSPS) is 39.3. The van der Waals surface area contributed by atoms with E-state index < -0.39 is 33.6 Å². The molecule has 3 atom stereocenters. The van der Waals surface area contributed by atoms with E-state index in [1.165, 1.54) is 0 Å². The Kier molecular flexibility index (Phi) is 2.36. The molecule has 0 aromatic carbocycles. The van der Waals surface area contributed by atoms with Crippen molar-refractivity contribution in [2.24, 2.45) is 5.92 Å². The fourth-order valence-corrected chi connectivity index (χ4v) is 2.91. The van der Waals surface area contributed by atoms with Crippen LogP contribution in [0.25, 0.3) is 0 Å². The van der Waals surface area contributed by atoms with Crippen molar-refractivity contribution in [3.8, 4) is 0 Å². The van der Waals surface area contributed by atoms with Crippen molar-refractivity contribution >= 4 is 10.1 Å². The Hall–Kier alpha value is -0.300. The van der Waals surface area contributed by atoms with Crippen LogP contribution in [-0.4, -0.2) is 25.9 Å². The summed E-state index contributed by atoms with van der Waals surface area (Å²) in [5, 5.41) is -1.51. The minimum absolute atomic E-state index is 1.01. The first kappa shape index (κ1) is 10.8. The van der Waals surface area contributed by atoms with Crippen LogP contribution >= 0.6 is 0 Å². The van der Waals surface area contributed by atoms with Gasteiger partial charge in [0.15, 0.2) is 0 Å². The van der Waals surface area contributed by atoms with E-state index >= 15 is 0 Å². The molecule has 1 fully saturated rings. The van der Waals surface area contributed by atoms with Crippen molar-refractivity contribution in [2.45, 2.75) is 31.4 Å². The Balaban J connectivity index is 3.03. The van der Waals surface area contributed by atoms with Gasteiger partial charge in [-0.3, -0.25) is 4.18 Å². The predicted molar refractivity (Wildman–Crippen MR) is 38.5 cm³/mol. The van der Waals surface area contributed by atoms with Crippen LogP contribution < -0.4 is 0 Å². The summed E-state index contributed by atoms with van der Waals surface area (Å²) in [5.41, 5.74) is 0. The monoisotopic (exact) mass is 218 g/mol. The zero-order valence-electron chi connectivity index (χ0n) is 7.00. The van der Waals surface area contributed by atoms with Crippen LogP contribution in [0, 0.1) is 5.92 Å². The summed E-state index contributed by atoms with van der Waals surface area (Å²) in [5.74, 6) is -1.92. The highest BCUT2D eigenvalue weighted by Crippen LogP contribution is 2.41. The number of hydrogen-bond acceptors (Lipinski definition) is 3. The molecule has 78 valence electrons. The molecule has 1 saturated heterocycles. The summed E-state index contributed by atoms with van der Waals surface area (Å²) in [6.45, 7) is 2.12.